The zero-order valence-corrected chi connectivity index (χ0v) is 15.6. The van der Waals surface area contributed by atoms with Gasteiger partial charge in [-0.05, 0) is 35.1 Å². The largest absolute Gasteiger partial charge is 0.484 e. The number of hydrogen-bond donors (Lipinski definition) is 1. The molecule has 0 fully saturated rings. The average molecular weight is 367 g/mol. The number of carbonyl (C=O) groups is 1. The van der Waals surface area contributed by atoms with Gasteiger partial charge in [0.05, 0.1) is 17.9 Å². The number of thiophene rings is 1. The van der Waals surface area contributed by atoms with Gasteiger partial charge in [0.15, 0.2) is 6.61 Å². The number of nitrogens with zero attached hydrogens (tertiary/aromatic N) is 2. The Morgan fingerprint density at radius 3 is 2.62 bits per heavy atom. The highest BCUT2D eigenvalue weighted by Crippen LogP contribution is 2.22. The molecular formula is C20H21N3O2S. The van der Waals surface area contributed by atoms with Gasteiger partial charge >= 0.3 is 0 Å². The van der Waals surface area contributed by atoms with Crippen LogP contribution in [0.25, 0.3) is 11.3 Å². The molecule has 0 saturated carbocycles. The Bertz CT molecular complexity index is 846. The van der Waals surface area contributed by atoms with Crippen molar-refractivity contribution in [1.82, 2.24) is 15.3 Å². The minimum absolute atomic E-state index is 0.0327. The van der Waals surface area contributed by atoms with Crippen molar-refractivity contribution in [2.24, 2.45) is 0 Å². The van der Waals surface area contributed by atoms with E-state index in [-0.39, 0.29) is 12.5 Å². The molecule has 1 N–H and O–H groups in total. The number of benzene rings is 1. The molecule has 1 amide bonds. The predicted molar refractivity (Wildman–Crippen MR) is 103 cm³/mol. The fraction of sp³-hybridized carbons (Fsp3) is 0.250. The number of ether oxygens (including phenoxy) is 1. The molecule has 6 heteroatoms. The van der Waals surface area contributed by atoms with E-state index < -0.39 is 0 Å². The Balaban J connectivity index is 1.53. The lowest BCUT2D eigenvalue weighted by Crippen LogP contribution is -2.29. The first kappa shape index (κ1) is 18.1. The quantitative estimate of drug-likeness (QED) is 0.685. The van der Waals surface area contributed by atoms with Crippen LogP contribution in [-0.2, 0) is 11.3 Å². The van der Waals surface area contributed by atoms with Crippen molar-refractivity contribution in [3.8, 4) is 17.0 Å². The lowest BCUT2D eigenvalue weighted by atomic mass is 10.0. The lowest BCUT2D eigenvalue weighted by molar-refractivity contribution is -0.123. The van der Waals surface area contributed by atoms with Gasteiger partial charge in [0.1, 0.15) is 5.75 Å². The van der Waals surface area contributed by atoms with Gasteiger partial charge in [-0.2, -0.15) is 11.3 Å². The Hall–Kier alpha value is -2.73. The molecule has 2 heterocycles. The Kier molecular flexibility index (Phi) is 5.96. The van der Waals surface area contributed by atoms with Crippen molar-refractivity contribution in [3.05, 3.63) is 64.7 Å². The number of amides is 1. The molecule has 1 aromatic carbocycles. The van der Waals surface area contributed by atoms with Crippen LogP contribution in [0.4, 0.5) is 0 Å². The SMILES string of the molecule is CC(C)c1ccc(OCC(=O)NCc2nccnc2-c2ccsc2)cc1. The van der Waals surface area contributed by atoms with E-state index in [1.165, 1.54) is 5.56 Å². The maximum absolute atomic E-state index is 12.1. The molecule has 0 atom stereocenters. The fourth-order valence-electron chi connectivity index (χ4n) is 2.47. The zero-order valence-electron chi connectivity index (χ0n) is 14.8. The number of carbonyl (C=O) groups excluding carboxylic acids is 1. The summed E-state index contributed by atoms with van der Waals surface area (Å²) < 4.78 is 5.55. The van der Waals surface area contributed by atoms with E-state index in [2.05, 4.69) is 29.1 Å². The Morgan fingerprint density at radius 2 is 1.92 bits per heavy atom. The summed E-state index contributed by atoms with van der Waals surface area (Å²) in [5.74, 6) is 0.958. The van der Waals surface area contributed by atoms with Gasteiger partial charge < -0.3 is 10.1 Å². The second-order valence-electron chi connectivity index (χ2n) is 6.15. The van der Waals surface area contributed by atoms with E-state index in [0.29, 0.717) is 18.2 Å². The topological polar surface area (TPSA) is 64.1 Å². The predicted octanol–water partition coefficient (Wildman–Crippen LogP) is 4.02. The first-order valence-electron chi connectivity index (χ1n) is 8.45. The van der Waals surface area contributed by atoms with Gasteiger partial charge in [-0.1, -0.05) is 26.0 Å². The standard InChI is InChI=1S/C20H21N3O2S/c1-14(2)15-3-5-17(6-4-15)25-12-19(24)23-11-18-20(22-9-8-21-18)16-7-10-26-13-16/h3-10,13-14H,11-12H2,1-2H3,(H,23,24). The molecule has 2 aromatic heterocycles. The third-order valence-corrected chi connectivity index (χ3v) is 4.62. The van der Waals surface area contributed by atoms with Gasteiger partial charge in [-0.25, -0.2) is 0 Å². The molecule has 0 saturated heterocycles. The van der Waals surface area contributed by atoms with Crippen LogP contribution in [0.15, 0.2) is 53.5 Å². The van der Waals surface area contributed by atoms with Crippen molar-refractivity contribution < 1.29 is 9.53 Å². The van der Waals surface area contributed by atoms with Gasteiger partial charge in [-0.15, -0.1) is 0 Å². The molecule has 0 bridgehead atoms. The molecule has 0 aliphatic heterocycles. The van der Waals surface area contributed by atoms with E-state index in [9.17, 15) is 4.79 Å². The summed E-state index contributed by atoms with van der Waals surface area (Å²) in [5, 5.41) is 6.84. The summed E-state index contributed by atoms with van der Waals surface area (Å²) in [6, 6.07) is 9.80. The minimum Gasteiger partial charge on any atom is -0.484 e. The molecule has 0 spiro atoms. The Morgan fingerprint density at radius 1 is 1.15 bits per heavy atom. The third-order valence-electron chi connectivity index (χ3n) is 3.94. The van der Waals surface area contributed by atoms with E-state index in [1.54, 1.807) is 23.7 Å². The molecule has 0 aliphatic carbocycles. The van der Waals surface area contributed by atoms with Crippen molar-refractivity contribution >= 4 is 17.2 Å². The van der Waals surface area contributed by atoms with Crippen molar-refractivity contribution in [1.29, 1.82) is 0 Å². The number of aromatic nitrogens is 2. The van der Waals surface area contributed by atoms with E-state index >= 15 is 0 Å². The van der Waals surface area contributed by atoms with Crippen molar-refractivity contribution in [3.63, 3.8) is 0 Å². The normalized spacial score (nSPS) is 10.7. The molecule has 3 aromatic rings. The van der Waals surface area contributed by atoms with Crippen LogP contribution >= 0.6 is 11.3 Å². The summed E-state index contributed by atoms with van der Waals surface area (Å²) >= 11 is 1.60. The molecule has 0 radical (unpaired) electrons. The van der Waals surface area contributed by atoms with E-state index in [4.69, 9.17) is 4.74 Å². The van der Waals surface area contributed by atoms with Gasteiger partial charge in [0.25, 0.3) is 5.91 Å². The minimum atomic E-state index is -0.195. The van der Waals surface area contributed by atoms with Gasteiger partial charge in [-0.3, -0.25) is 14.8 Å². The summed E-state index contributed by atoms with van der Waals surface area (Å²) in [6.45, 7) is 4.56. The zero-order chi connectivity index (χ0) is 18.4. The smallest absolute Gasteiger partial charge is 0.258 e. The first-order valence-corrected chi connectivity index (χ1v) is 9.39. The highest BCUT2D eigenvalue weighted by atomic mass is 32.1. The second-order valence-corrected chi connectivity index (χ2v) is 6.93. The molecule has 5 nitrogen and oxygen atoms in total. The van der Waals surface area contributed by atoms with Crippen LogP contribution in [0, 0.1) is 0 Å². The van der Waals surface area contributed by atoms with Crippen molar-refractivity contribution in [2.45, 2.75) is 26.3 Å². The number of rotatable bonds is 7. The highest BCUT2D eigenvalue weighted by Gasteiger charge is 2.10. The summed E-state index contributed by atoms with van der Waals surface area (Å²) in [4.78, 5) is 20.8. The third kappa shape index (κ3) is 4.67. The number of nitrogens with one attached hydrogen (secondary N) is 1. The van der Waals surface area contributed by atoms with Gasteiger partial charge in [0.2, 0.25) is 0 Å². The van der Waals surface area contributed by atoms with Crippen LogP contribution in [0.2, 0.25) is 0 Å². The Labute approximate surface area is 157 Å². The van der Waals surface area contributed by atoms with Crippen LogP contribution < -0.4 is 10.1 Å². The highest BCUT2D eigenvalue weighted by molar-refractivity contribution is 7.08. The van der Waals surface area contributed by atoms with E-state index in [0.717, 1.165) is 17.0 Å². The van der Waals surface area contributed by atoms with Gasteiger partial charge in [0, 0.05) is 23.3 Å². The van der Waals surface area contributed by atoms with Crippen LogP contribution in [0.5, 0.6) is 5.75 Å². The van der Waals surface area contributed by atoms with Crippen molar-refractivity contribution in [2.75, 3.05) is 6.61 Å². The summed E-state index contributed by atoms with van der Waals surface area (Å²) in [5.41, 5.74) is 3.78. The maximum atomic E-state index is 12.1. The number of hydrogen-bond acceptors (Lipinski definition) is 5. The molecule has 0 aliphatic rings. The lowest BCUT2D eigenvalue weighted by Gasteiger charge is -2.10. The fourth-order valence-corrected chi connectivity index (χ4v) is 3.11. The van der Waals surface area contributed by atoms with Crippen LogP contribution in [-0.4, -0.2) is 22.5 Å². The maximum Gasteiger partial charge on any atom is 0.258 e. The molecule has 3 rings (SSSR count). The first-order chi connectivity index (χ1) is 12.6. The summed E-state index contributed by atoms with van der Waals surface area (Å²) in [6.07, 6.45) is 3.28. The average Bonchev–Trinajstić information content (AvgIpc) is 3.20. The monoisotopic (exact) mass is 367 g/mol. The second kappa shape index (κ2) is 8.58. The molecular weight excluding hydrogens is 346 g/mol. The van der Waals surface area contributed by atoms with Crippen LogP contribution in [0.1, 0.15) is 31.0 Å². The van der Waals surface area contributed by atoms with E-state index in [1.807, 2.05) is 41.1 Å². The van der Waals surface area contributed by atoms with Crippen LogP contribution in [0.3, 0.4) is 0 Å². The molecule has 134 valence electrons. The molecule has 0 unspecified atom stereocenters. The molecule has 26 heavy (non-hydrogen) atoms. The summed E-state index contributed by atoms with van der Waals surface area (Å²) in [7, 11) is 0.